The van der Waals surface area contributed by atoms with Crippen LogP contribution in [0.3, 0.4) is 0 Å². The zero-order valence-corrected chi connectivity index (χ0v) is 5.92. The van der Waals surface area contributed by atoms with Gasteiger partial charge in [-0.15, -0.1) is 0 Å². The fraction of sp³-hybridized carbons (Fsp3) is 0. The highest BCUT2D eigenvalue weighted by molar-refractivity contribution is 14.2. The van der Waals surface area contributed by atoms with Crippen LogP contribution in [-0.2, 0) is 0 Å². The first-order chi connectivity index (χ1) is 3.39. The standard InChI is InChI=1S/C5H6IN/c7-5-2-1-3-6-4-5/h1-4H,7H2. The molecule has 1 heterocycles. The van der Waals surface area contributed by atoms with Crippen LogP contribution in [0.1, 0.15) is 0 Å². The first-order valence-electron chi connectivity index (χ1n) is 1.97. The Balaban J connectivity index is 2.82. The molecule has 1 rings (SSSR count). The molecule has 0 unspecified atom stereocenters. The van der Waals surface area contributed by atoms with Gasteiger partial charge in [-0.3, -0.25) is 0 Å². The molecule has 0 atom stereocenters. The van der Waals surface area contributed by atoms with E-state index >= 15 is 0 Å². The van der Waals surface area contributed by atoms with Crippen LogP contribution >= 0.6 is 20.7 Å². The van der Waals surface area contributed by atoms with E-state index in [0.717, 1.165) is 5.70 Å². The van der Waals surface area contributed by atoms with E-state index < -0.39 is 0 Å². The van der Waals surface area contributed by atoms with Crippen molar-refractivity contribution in [2.45, 2.75) is 0 Å². The molecule has 1 aliphatic rings. The largest absolute Gasteiger partial charge is 0.398 e. The third-order valence-corrected chi connectivity index (χ3v) is 2.53. The predicted molar refractivity (Wildman–Crippen MR) is 41.5 cm³/mol. The molecule has 0 radical (unpaired) electrons. The van der Waals surface area contributed by atoms with Gasteiger partial charge in [-0.2, -0.15) is 0 Å². The highest BCUT2D eigenvalue weighted by Crippen LogP contribution is 2.05. The van der Waals surface area contributed by atoms with Crippen molar-refractivity contribution in [1.82, 2.24) is 0 Å². The molecule has 0 saturated heterocycles. The lowest BCUT2D eigenvalue weighted by molar-refractivity contribution is 1.46. The van der Waals surface area contributed by atoms with Gasteiger partial charge in [-0.05, 0) is 14.2 Å². The Kier molecular flexibility index (Phi) is 1.62. The molecule has 1 nitrogen and oxygen atoms in total. The lowest BCUT2D eigenvalue weighted by Crippen LogP contribution is -1.91. The van der Waals surface area contributed by atoms with Gasteiger partial charge in [0.1, 0.15) is 0 Å². The Labute approximate surface area is 52.6 Å². The molecular weight excluding hydrogens is 201 g/mol. The number of hydrogen-bond donors (Lipinski definition) is 1. The lowest BCUT2D eigenvalue weighted by Gasteiger charge is -1.89. The average Bonchev–Trinajstić information content (AvgIpc) is 1.69. The number of hydrogen-bond acceptors (Lipinski definition) is 1. The van der Waals surface area contributed by atoms with E-state index in [1.807, 2.05) is 12.2 Å². The maximum Gasteiger partial charge on any atom is 0.0371 e. The van der Waals surface area contributed by atoms with E-state index in [1.165, 1.54) is 0 Å². The highest BCUT2D eigenvalue weighted by atomic mass is 127. The quantitative estimate of drug-likeness (QED) is 0.592. The Morgan fingerprint density at radius 2 is 2.43 bits per heavy atom. The summed E-state index contributed by atoms with van der Waals surface area (Å²) in [7, 11) is 0. The third kappa shape index (κ3) is 1.43. The second-order valence-corrected chi connectivity index (χ2v) is 3.28. The van der Waals surface area contributed by atoms with E-state index in [-0.39, 0.29) is 20.7 Å². The van der Waals surface area contributed by atoms with Crippen LogP contribution in [0.2, 0.25) is 0 Å². The Morgan fingerprint density at radius 1 is 1.57 bits per heavy atom. The van der Waals surface area contributed by atoms with Crippen LogP contribution < -0.4 is 5.73 Å². The van der Waals surface area contributed by atoms with Gasteiger partial charge in [0, 0.05) is 5.70 Å². The lowest BCUT2D eigenvalue weighted by atomic mass is 10.4. The number of halogens is 1. The SMILES string of the molecule is NC1=CI=CC=C1. The first kappa shape index (κ1) is 5.03. The molecule has 0 aromatic carbocycles. The van der Waals surface area contributed by atoms with E-state index in [4.69, 9.17) is 5.73 Å². The second-order valence-electron chi connectivity index (χ2n) is 1.22. The van der Waals surface area contributed by atoms with E-state index in [9.17, 15) is 0 Å². The van der Waals surface area contributed by atoms with Gasteiger partial charge in [-0.25, -0.2) is 0 Å². The molecule has 0 aromatic heterocycles. The second kappa shape index (κ2) is 2.26. The Bertz CT molecular complexity index is 144. The molecular formula is C5H6IN. The number of allylic oxidation sites excluding steroid dienone is 2. The van der Waals surface area contributed by atoms with Crippen molar-refractivity contribution >= 4 is 24.7 Å². The van der Waals surface area contributed by atoms with E-state index in [0.29, 0.717) is 0 Å². The van der Waals surface area contributed by atoms with E-state index in [1.54, 1.807) is 0 Å². The minimum atomic E-state index is 0.176. The van der Waals surface area contributed by atoms with Gasteiger partial charge in [0.15, 0.2) is 0 Å². The molecule has 0 amide bonds. The van der Waals surface area contributed by atoms with Gasteiger partial charge in [0.05, 0.1) is 0 Å². The van der Waals surface area contributed by atoms with Crippen molar-refractivity contribution in [2.75, 3.05) is 0 Å². The molecule has 0 bridgehead atoms. The smallest absolute Gasteiger partial charge is 0.0371 e. The van der Waals surface area contributed by atoms with Crippen molar-refractivity contribution in [1.29, 1.82) is 0 Å². The van der Waals surface area contributed by atoms with Gasteiger partial charge in [0.25, 0.3) is 0 Å². The van der Waals surface area contributed by atoms with Crippen LogP contribution in [0, 0.1) is 0 Å². The summed E-state index contributed by atoms with van der Waals surface area (Å²) in [5.41, 5.74) is 6.34. The van der Waals surface area contributed by atoms with Crippen LogP contribution in [0.15, 0.2) is 21.9 Å². The van der Waals surface area contributed by atoms with Gasteiger partial charge in [-0.1, -0.05) is 26.8 Å². The summed E-state index contributed by atoms with van der Waals surface area (Å²) < 4.78 is 4.27. The van der Waals surface area contributed by atoms with Gasteiger partial charge < -0.3 is 5.73 Å². The monoisotopic (exact) mass is 207 g/mol. The summed E-state index contributed by atoms with van der Waals surface area (Å²) in [6.07, 6.45) is 3.94. The maximum absolute atomic E-state index is 5.42. The van der Waals surface area contributed by atoms with E-state index in [2.05, 4.69) is 8.09 Å². The zero-order chi connectivity index (χ0) is 5.11. The molecule has 2 N–H and O–H groups in total. The summed E-state index contributed by atoms with van der Waals surface area (Å²) in [5, 5.41) is 0. The van der Waals surface area contributed by atoms with Crippen molar-refractivity contribution in [3.63, 3.8) is 0 Å². The van der Waals surface area contributed by atoms with Gasteiger partial charge in [0.2, 0.25) is 0 Å². The van der Waals surface area contributed by atoms with Crippen molar-refractivity contribution in [2.24, 2.45) is 5.73 Å². The van der Waals surface area contributed by atoms with Crippen molar-refractivity contribution in [3.05, 3.63) is 21.9 Å². The molecule has 0 fully saturated rings. The average molecular weight is 207 g/mol. The van der Waals surface area contributed by atoms with Crippen LogP contribution in [0.25, 0.3) is 0 Å². The maximum atomic E-state index is 5.42. The summed E-state index contributed by atoms with van der Waals surface area (Å²) in [6.45, 7) is 0. The first-order valence-corrected chi connectivity index (χ1v) is 4.46. The minimum absolute atomic E-state index is 0.176. The minimum Gasteiger partial charge on any atom is -0.398 e. The van der Waals surface area contributed by atoms with Crippen LogP contribution in [0.5, 0.6) is 0 Å². The predicted octanol–water partition coefficient (Wildman–Crippen LogP) is 1.13. The molecule has 7 heavy (non-hydrogen) atoms. The Hall–Kier alpha value is -0.120. The fourth-order valence-corrected chi connectivity index (χ4v) is 1.61. The zero-order valence-electron chi connectivity index (χ0n) is 3.76. The molecule has 0 saturated carbocycles. The highest BCUT2D eigenvalue weighted by Gasteiger charge is 1.79. The summed E-state index contributed by atoms with van der Waals surface area (Å²) >= 11 is 0.176. The number of nitrogens with two attached hydrogens (primary N) is 1. The number of rotatable bonds is 0. The van der Waals surface area contributed by atoms with Gasteiger partial charge >= 0.3 is 0 Å². The van der Waals surface area contributed by atoms with Crippen molar-refractivity contribution in [3.8, 4) is 0 Å². The molecule has 38 valence electrons. The topological polar surface area (TPSA) is 26.0 Å². The van der Waals surface area contributed by atoms with Crippen LogP contribution in [-0.4, -0.2) is 4.01 Å². The summed E-state index contributed by atoms with van der Waals surface area (Å²) in [4.78, 5) is 0. The third-order valence-electron chi connectivity index (χ3n) is 0.623. The Morgan fingerprint density at radius 3 is 2.71 bits per heavy atom. The molecule has 2 heteroatoms. The molecule has 0 spiro atoms. The van der Waals surface area contributed by atoms with Crippen LogP contribution in [0.4, 0.5) is 0 Å². The fourth-order valence-electron chi connectivity index (χ4n) is 0.335. The normalized spacial score (nSPS) is 18.0. The molecule has 0 aromatic rings. The summed E-state index contributed by atoms with van der Waals surface area (Å²) in [5.74, 6) is 0. The molecule has 0 aliphatic carbocycles. The summed E-state index contributed by atoms with van der Waals surface area (Å²) in [6, 6.07) is 0. The van der Waals surface area contributed by atoms with Crippen molar-refractivity contribution < 1.29 is 0 Å². The molecule has 1 aliphatic heterocycles.